The summed E-state index contributed by atoms with van der Waals surface area (Å²) in [7, 11) is 0. The summed E-state index contributed by atoms with van der Waals surface area (Å²) in [6, 6.07) is 24.6. The molecule has 0 aliphatic carbocycles. The molecule has 4 rings (SSSR count). The molecule has 4 nitrogen and oxygen atoms in total. The van der Waals surface area contributed by atoms with Gasteiger partial charge >= 0.3 is 5.97 Å². The highest BCUT2D eigenvalue weighted by Gasteiger charge is 2.17. The molecule has 0 saturated heterocycles. The molecule has 0 N–H and O–H groups in total. The van der Waals surface area contributed by atoms with E-state index in [9.17, 15) is 9.59 Å². The molecule has 0 radical (unpaired) electrons. The maximum absolute atomic E-state index is 13.0. The van der Waals surface area contributed by atoms with Crippen LogP contribution in [0.1, 0.15) is 45.2 Å². The molecule has 160 valence electrons. The van der Waals surface area contributed by atoms with E-state index in [-0.39, 0.29) is 12.4 Å². The van der Waals surface area contributed by atoms with Crippen LogP contribution in [-0.2, 0) is 11.2 Å². The molecule has 0 bridgehead atoms. The summed E-state index contributed by atoms with van der Waals surface area (Å²) < 4.78 is 5.42. The van der Waals surface area contributed by atoms with Gasteiger partial charge in [-0.3, -0.25) is 4.79 Å². The number of carbonyl (C=O) groups excluding carboxylic acids is 2. The third-order valence-electron chi connectivity index (χ3n) is 5.40. The van der Waals surface area contributed by atoms with Gasteiger partial charge in [-0.05, 0) is 37.1 Å². The average molecular weight is 424 g/mol. The molecule has 0 amide bonds. The standard InChI is InChI=1S/C28H25NO3/c1-3-7-20-11-13-21(14-12-20)26-17-24(23-16-19(2)10-15-25(23)29-26)28(31)32-18-27(30)22-8-5-4-6-9-22/h4-6,8-17H,3,7,18H2,1-2H3. The van der Waals surface area contributed by atoms with Crippen molar-refractivity contribution in [2.75, 3.05) is 6.61 Å². The Morgan fingerprint density at radius 3 is 2.38 bits per heavy atom. The molecule has 0 aliphatic heterocycles. The highest BCUT2D eigenvalue weighted by molar-refractivity contribution is 6.06. The molecule has 3 aromatic carbocycles. The van der Waals surface area contributed by atoms with Crippen LogP contribution in [0.15, 0.2) is 78.9 Å². The SMILES string of the molecule is CCCc1ccc(-c2cc(C(=O)OCC(=O)c3ccccc3)c3cc(C)ccc3n2)cc1. The predicted molar refractivity (Wildman–Crippen MR) is 127 cm³/mol. The third kappa shape index (κ3) is 4.75. The molecule has 0 spiro atoms. The summed E-state index contributed by atoms with van der Waals surface area (Å²) in [6.07, 6.45) is 2.11. The Morgan fingerprint density at radius 1 is 0.906 bits per heavy atom. The number of ether oxygens (including phenoxy) is 1. The van der Waals surface area contributed by atoms with Gasteiger partial charge < -0.3 is 4.74 Å². The number of ketones is 1. The van der Waals surface area contributed by atoms with E-state index < -0.39 is 5.97 Å². The van der Waals surface area contributed by atoms with Gasteiger partial charge in [0.05, 0.1) is 16.8 Å². The minimum absolute atomic E-state index is 0.236. The maximum Gasteiger partial charge on any atom is 0.339 e. The zero-order valence-electron chi connectivity index (χ0n) is 18.3. The van der Waals surface area contributed by atoms with Crippen molar-refractivity contribution in [2.24, 2.45) is 0 Å². The number of Topliss-reactive ketones (excluding diaryl/α,β-unsaturated/α-hetero) is 1. The predicted octanol–water partition coefficient (Wildman–Crippen LogP) is 6.20. The van der Waals surface area contributed by atoms with Crippen LogP contribution in [0.2, 0.25) is 0 Å². The first kappa shape index (κ1) is 21.4. The first-order chi connectivity index (χ1) is 15.5. The number of fused-ring (bicyclic) bond motifs is 1. The average Bonchev–Trinajstić information content (AvgIpc) is 2.83. The number of pyridine rings is 1. The molecule has 32 heavy (non-hydrogen) atoms. The molecule has 0 aliphatic rings. The summed E-state index contributed by atoms with van der Waals surface area (Å²) in [5, 5.41) is 0.716. The van der Waals surface area contributed by atoms with E-state index in [0.29, 0.717) is 27.7 Å². The summed E-state index contributed by atoms with van der Waals surface area (Å²) in [5.74, 6) is -0.767. The third-order valence-corrected chi connectivity index (χ3v) is 5.40. The first-order valence-electron chi connectivity index (χ1n) is 10.8. The van der Waals surface area contributed by atoms with Crippen molar-refractivity contribution in [1.29, 1.82) is 0 Å². The second-order valence-corrected chi connectivity index (χ2v) is 7.89. The summed E-state index contributed by atoms with van der Waals surface area (Å²) >= 11 is 0. The molecule has 0 atom stereocenters. The van der Waals surface area contributed by atoms with Crippen molar-refractivity contribution >= 4 is 22.7 Å². The number of aromatic nitrogens is 1. The lowest BCUT2D eigenvalue weighted by atomic mass is 10.0. The monoisotopic (exact) mass is 423 g/mol. The number of benzene rings is 3. The molecule has 4 aromatic rings. The first-order valence-corrected chi connectivity index (χ1v) is 10.8. The van der Waals surface area contributed by atoms with Crippen molar-refractivity contribution in [3.05, 3.63) is 101 Å². The minimum atomic E-state index is -0.531. The fraction of sp³-hybridized carbons (Fsp3) is 0.179. The van der Waals surface area contributed by atoms with Crippen molar-refractivity contribution in [3.63, 3.8) is 0 Å². The highest BCUT2D eigenvalue weighted by atomic mass is 16.5. The van der Waals surface area contributed by atoms with E-state index >= 15 is 0 Å². The van der Waals surface area contributed by atoms with E-state index in [0.717, 1.165) is 24.0 Å². The lowest BCUT2D eigenvalue weighted by molar-refractivity contribution is 0.0476. The van der Waals surface area contributed by atoms with Crippen LogP contribution >= 0.6 is 0 Å². The smallest absolute Gasteiger partial charge is 0.339 e. The Balaban J connectivity index is 1.66. The number of carbonyl (C=O) groups is 2. The molecule has 0 fully saturated rings. The van der Waals surface area contributed by atoms with Crippen molar-refractivity contribution in [2.45, 2.75) is 26.7 Å². The fourth-order valence-electron chi connectivity index (χ4n) is 3.70. The van der Waals surface area contributed by atoms with E-state index in [2.05, 4.69) is 19.1 Å². The van der Waals surface area contributed by atoms with Crippen LogP contribution in [-0.4, -0.2) is 23.3 Å². The van der Waals surface area contributed by atoms with Gasteiger partial charge in [0.2, 0.25) is 0 Å². The minimum Gasteiger partial charge on any atom is -0.454 e. The van der Waals surface area contributed by atoms with E-state index in [1.807, 2.05) is 43.3 Å². The van der Waals surface area contributed by atoms with Gasteiger partial charge in [-0.2, -0.15) is 0 Å². The fourth-order valence-corrected chi connectivity index (χ4v) is 3.70. The highest BCUT2D eigenvalue weighted by Crippen LogP contribution is 2.27. The van der Waals surface area contributed by atoms with Gasteiger partial charge in [0.1, 0.15) is 0 Å². The Hall–Kier alpha value is -3.79. The Labute approximate surface area is 187 Å². The lowest BCUT2D eigenvalue weighted by Gasteiger charge is -2.11. The van der Waals surface area contributed by atoms with Gasteiger partial charge in [-0.15, -0.1) is 0 Å². The van der Waals surface area contributed by atoms with Crippen molar-refractivity contribution < 1.29 is 14.3 Å². The van der Waals surface area contributed by atoms with Gasteiger partial charge in [0.25, 0.3) is 0 Å². The van der Waals surface area contributed by atoms with E-state index in [1.165, 1.54) is 5.56 Å². The number of hydrogen-bond acceptors (Lipinski definition) is 4. The Bertz CT molecular complexity index is 1260. The summed E-state index contributed by atoms with van der Waals surface area (Å²) in [6.45, 7) is 3.81. The molecule has 1 aromatic heterocycles. The second-order valence-electron chi connectivity index (χ2n) is 7.89. The molecule has 0 unspecified atom stereocenters. The van der Waals surface area contributed by atoms with Crippen molar-refractivity contribution in [1.82, 2.24) is 4.98 Å². The Kier molecular flexibility index (Phi) is 6.41. The summed E-state index contributed by atoms with van der Waals surface area (Å²) in [4.78, 5) is 30.2. The number of esters is 1. The van der Waals surface area contributed by atoms with Crippen LogP contribution in [0.4, 0.5) is 0 Å². The Morgan fingerprint density at radius 2 is 1.66 bits per heavy atom. The quantitative estimate of drug-likeness (QED) is 0.262. The van der Waals surface area contributed by atoms with Gasteiger partial charge in [0.15, 0.2) is 12.4 Å². The number of rotatable bonds is 7. The lowest BCUT2D eigenvalue weighted by Crippen LogP contribution is -2.15. The normalized spacial score (nSPS) is 10.8. The largest absolute Gasteiger partial charge is 0.454 e. The summed E-state index contributed by atoms with van der Waals surface area (Å²) in [5.41, 5.74) is 5.56. The molecular formula is C28H25NO3. The number of aryl methyl sites for hydroxylation is 2. The van der Waals surface area contributed by atoms with Crippen LogP contribution < -0.4 is 0 Å². The molecule has 0 saturated carbocycles. The molecule has 1 heterocycles. The van der Waals surface area contributed by atoms with Crippen LogP contribution in [0.3, 0.4) is 0 Å². The van der Waals surface area contributed by atoms with Gasteiger partial charge in [-0.25, -0.2) is 9.78 Å². The van der Waals surface area contributed by atoms with Gasteiger partial charge in [0, 0.05) is 16.5 Å². The zero-order valence-corrected chi connectivity index (χ0v) is 18.3. The van der Waals surface area contributed by atoms with Crippen LogP contribution in [0, 0.1) is 6.92 Å². The van der Waals surface area contributed by atoms with Crippen LogP contribution in [0.5, 0.6) is 0 Å². The molecular weight excluding hydrogens is 398 g/mol. The molecule has 4 heteroatoms. The number of nitrogens with zero attached hydrogens (tertiary/aromatic N) is 1. The van der Waals surface area contributed by atoms with Crippen LogP contribution in [0.25, 0.3) is 22.2 Å². The number of hydrogen-bond donors (Lipinski definition) is 0. The maximum atomic E-state index is 13.0. The topological polar surface area (TPSA) is 56.3 Å². The van der Waals surface area contributed by atoms with Gasteiger partial charge in [-0.1, -0.05) is 79.6 Å². The zero-order chi connectivity index (χ0) is 22.5. The second kappa shape index (κ2) is 9.56. The van der Waals surface area contributed by atoms with E-state index in [4.69, 9.17) is 9.72 Å². The van der Waals surface area contributed by atoms with Crippen molar-refractivity contribution in [3.8, 4) is 11.3 Å². The van der Waals surface area contributed by atoms with E-state index in [1.54, 1.807) is 30.3 Å².